The van der Waals surface area contributed by atoms with E-state index in [1.54, 1.807) is 30.3 Å². The molecule has 1 aliphatic heterocycles. The summed E-state index contributed by atoms with van der Waals surface area (Å²) in [6, 6.07) is 22.4. The molecule has 0 unspecified atom stereocenters. The Bertz CT molecular complexity index is 933. The normalized spacial score (nSPS) is 20.9. The highest BCUT2D eigenvalue weighted by Crippen LogP contribution is 2.45. The van der Waals surface area contributed by atoms with E-state index >= 15 is 0 Å². The van der Waals surface area contributed by atoms with E-state index in [1.807, 2.05) is 42.5 Å². The van der Waals surface area contributed by atoms with Gasteiger partial charge in [0.15, 0.2) is 5.44 Å². The molecule has 2 atom stereocenters. The Hall–Kier alpha value is -2.17. The summed E-state index contributed by atoms with van der Waals surface area (Å²) in [4.78, 5) is 0.309. The van der Waals surface area contributed by atoms with Gasteiger partial charge in [-0.25, -0.2) is 8.42 Å². The van der Waals surface area contributed by atoms with Crippen LogP contribution in [0.5, 0.6) is 0 Å². The van der Waals surface area contributed by atoms with Crippen LogP contribution in [0.15, 0.2) is 77.7 Å². The van der Waals surface area contributed by atoms with E-state index in [2.05, 4.69) is 0 Å². The third kappa shape index (κ3) is 2.21. The van der Waals surface area contributed by atoms with Crippen LogP contribution in [0.4, 0.5) is 0 Å². The second kappa shape index (κ2) is 4.93. The van der Waals surface area contributed by atoms with Gasteiger partial charge in [0.2, 0.25) is 9.84 Å². The first-order valence-electron chi connectivity index (χ1n) is 7.09. The summed E-state index contributed by atoms with van der Waals surface area (Å²) in [5.41, 5.74) is 0.124. The zero-order valence-electron chi connectivity index (χ0n) is 11.7. The van der Waals surface area contributed by atoms with Gasteiger partial charge in [-0.1, -0.05) is 54.6 Å². The molecule has 0 spiro atoms. The Labute approximate surface area is 129 Å². The van der Waals surface area contributed by atoms with Gasteiger partial charge in [-0.15, -0.1) is 0 Å². The maximum absolute atomic E-state index is 12.5. The van der Waals surface area contributed by atoms with Gasteiger partial charge in [0.1, 0.15) is 6.10 Å². The molecule has 3 aromatic carbocycles. The van der Waals surface area contributed by atoms with E-state index < -0.39 is 15.3 Å². The lowest BCUT2D eigenvalue weighted by Gasteiger charge is -2.02. The number of hydrogen-bond acceptors (Lipinski definition) is 3. The minimum atomic E-state index is -3.44. The predicted octanol–water partition coefficient (Wildman–Crippen LogP) is 3.71. The fourth-order valence-electron chi connectivity index (χ4n) is 2.70. The second-order valence-corrected chi connectivity index (χ2v) is 7.42. The van der Waals surface area contributed by atoms with Crippen LogP contribution in [0.1, 0.15) is 11.7 Å². The molecule has 1 saturated heterocycles. The van der Waals surface area contributed by atoms with Crippen LogP contribution in [0.3, 0.4) is 0 Å². The van der Waals surface area contributed by atoms with Crippen molar-refractivity contribution in [1.29, 1.82) is 0 Å². The molecule has 4 rings (SSSR count). The molecule has 0 bridgehead atoms. The zero-order chi connectivity index (χ0) is 15.2. The van der Waals surface area contributed by atoms with E-state index in [4.69, 9.17) is 4.74 Å². The number of ether oxygens (including phenoxy) is 1. The average Bonchev–Trinajstić information content (AvgIpc) is 3.37. The van der Waals surface area contributed by atoms with Crippen molar-refractivity contribution in [2.45, 2.75) is 16.4 Å². The first-order chi connectivity index (χ1) is 10.7. The summed E-state index contributed by atoms with van der Waals surface area (Å²) >= 11 is 0. The molecule has 1 aliphatic rings. The fraction of sp³-hybridized carbons (Fsp3) is 0.111. The highest BCUT2D eigenvalue weighted by Gasteiger charge is 2.50. The van der Waals surface area contributed by atoms with Crippen LogP contribution in [-0.2, 0) is 14.6 Å². The summed E-state index contributed by atoms with van der Waals surface area (Å²) < 4.78 is 30.5. The molecule has 0 radical (unpaired) electrons. The molecule has 0 saturated carbocycles. The van der Waals surface area contributed by atoms with Gasteiger partial charge in [0.25, 0.3) is 0 Å². The van der Waals surface area contributed by atoms with Crippen molar-refractivity contribution in [2.24, 2.45) is 0 Å². The van der Waals surface area contributed by atoms with E-state index in [9.17, 15) is 8.42 Å². The maximum atomic E-state index is 12.5. The third-order valence-corrected chi connectivity index (χ3v) is 5.83. The molecule has 0 N–H and O–H groups in total. The van der Waals surface area contributed by atoms with Gasteiger partial charge in [-0.2, -0.15) is 0 Å². The highest BCUT2D eigenvalue weighted by molar-refractivity contribution is 7.92. The monoisotopic (exact) mass is 310 g/mol. The highest BCUT2D eigenvalue weighted by atomic mass is 32.2. The van der Waals surface area contributed by atoms with Crippen molar-refractivity contribution >= 4 is 20.6 Å². The average molecular weight is 310 g/mol. The van der Waals surface area contributed by atoms with Crippen LogP contribution in [0, 0.1) is 0 Å². The molecule has 3 nitrogen and oxygen atoms in total. The predicted molar refractivity (Wildman–Crippen MR) is 85.2 cm³/mol. The summed E-state index contributed by atoms with van der Waals surface area (Å²) in [7, 11) is -3.44. The Morgan fingerprint density at radius 3 is 2.23 bits per heavy atom. The summed E-state index contributed by atoms with van der Waals surface area (Å²) in [5, 5.41) is 2.22. The van der Waals surface area contributed by atoms with E-state index in [0.29, 0.717) is 4.90 Å². The quantitative estimate of drug-likeness (QED) is 0.693. The van der Waals surface area contributed by atoms with Crippen LogP contribution in [0.25, 0.3) is 10.8 Å². The molecule has 4 heteroatoms. The number of rotatable bonds is 3. The standard InChI is InChI=1S/C18H14O3S/c19-22(20,16-8-2-1-3-9-16)18-17(21-18)15-11-10-13-6-4-5-7-14(13)12-15/h1-12,17-18H/t17-,18-/m0/s1. The Morgan fingerprint density at radius 2 is 1.45 bits per heavy atom. The van der Waals surface area contributed by atoms with Gasteiger partial charge < -0.3 is 4.74 Å². The molecule has 0 aromatic heterocycles. The van der Waals surface area contributed by atoms with Crippen molar-refractivity contribution in [3.05, 3.63) is 78.4 Å². The van der Waals surface area contributed by atoms with Crippen LogP contribution >= 0.6 is 0 Å². The molecule has 0 amide bonds. The summed E-state index contributed by atoms with van der Waals surface area (Å²) in [6.45, 7) is 0. The minimum absolute atomic E-state index is 0.309. The number of benzene rings is 3. The minimum Gasteiger partial charge on any atom is -0.347 e. The van der Waals surface area contributed by atoms with E-state index in [1.165, 1.54) is 0 Å². The fourth-order valence-corrected chi connectivity index (χ4v) is 4.25. The number of sulfone groups is 1. The van der Waals surface area contributed by atoms with Crippen molar-refractivity contribution in [3.8, 4) is 0 Å². The van der Waals surface area contributed by atoms with Gasteiger partial charge in [0.05, 0.1) is 4.90 Å². The molecular formula is C18H14O3S. The largest absolute Gasteiger partial charge is 0.347 e. The van der Waals surface area contributed by atoms with Crippen molar-refractivity contribution in [3.63, 3.8) is 0 Å². The SMILES string of the molecule is O=S(=O)(c1ccccc1)[C@@H]1O[C@H]1c1ccc2ccccc2c1. The Kier molecular flexibility index (Phi) is 3.03. The molecule has 1 fully saturated rings. The molecule has 3 aromatic rings. The third-order valence-electron chi connectivity index (χ3n) is 3.93. The lowest BCUT2D eigenvalue weighted by Crippen LogP contribution is -2.09. The molecule has 0 aliphatic carbocycles. The van der Waals surface area contributed by atoms with Crippen LogP contribution < -0.4 is 0 Å². The number of fused-ring (bicyclic) bond motifs is 1. The molecule has 1 heterocycles. The number of hydrogen-bond donors (Lipinski definition) is 0. The Morgan fingerprint density at radius 1 is 0.773 bits per heavy atom. The maximum Gasteiger partial charge on any atom is 0.208 e. The molecule has 22 heavy (non-hydrogen) atoms. The first-order valence-corrected chi connectivity index (χ1v) is 8.64. The second-order valence-electron chi connectivity index (χ2n) is 5.39. The number of epoxide rings is 1. The smallest absolute Gasteiger partial charge is 0.208 e. The van der Waals surface area contributed by atoms with Gasteiger partial charge >= 0.3 is 0 Å². The lowest BCUT2D eigenvalue weighted by molar-refractivity contribution is 0.399. The molecule has 110 valence electrons. The summed E-state index contributed by atoms with van der Waals surface area (Å²) in [6.07, 6.45) is -0.380. The van der Waals surface area contributed by atoms with Crippen LogP contribution in [0.2, 0.25) is 0 Å². The lowest BCUT2D eigenvalue weighted by atomic mass is 10.1. The zero-order valence-corrected chi connectivity index (χ0v) is 12.5. The van der Waals surface area contributed by atoms with E-state index in [-0.39, 0.29) is 6.10 Å². The van der Waals surface area contributed by atoms with Gasteiger partial charge in [0, 0.05) is 0 Å². The van der Waals surface area contributed by atoms with Crippen molar-refractivity contribution in [1.82, 2.24) is 0 Å². The van der Waals surface area contributed by atoms with Gasteiger partial charge in [-0.3, -0.25) is 0 Å². The topological polar surface area (TPSA) is 46.7 Å². The van der Waals surface area contributed by atoms with Crippen LogP contribution in [-0.4, -0.2) is 13.9 Å². The first kappa shape index (κ1) is 13.5. The molecular weight excluding hydrogens is 296 g/mol. The summed E-state index contributed by atoms with van der Waals surface area (Å²) in [5.74, 6) is 0. The Balaban J connectivity index is 1.66. The van der Waals surface area contributed by atoms with Crippen molar-refractivity contribution < 1.29 is 13.2 Å². The van der Waals surface area contributed by atoms with Crippen molar-refractivity contribution in [2.75, 3.05) is 0 Å². The van der Waals surface area contributed by atoms with E-state index in [0.717, 1.165) is 16.3 Å². The van der Waals surface area contributed by atoms with Gasteiger partial charge in [-0.05, 0) is 34.5 Å².